The molecule has 2 aromatic carbocycles. The van der Waals surface area contributed by atoms with E-state index < -0.39 is 0 Å². The molecule has 6 nitrogen and oxygen atoms in total. The zero-order chi connectivity index (χ0) is 22.7. The number of benzene rings is 2. The summed E-state index contributed by atoms with van der Waals surface area (Å²) < 4.78 is 1.59. The molecule has 6 heteroatoms. The number of aryl methyl sites for hydroxylation is 2. The summed E-state index contributed by atoms with van der Waals surface area (Å²) in [7, 11) is 1.77. The maximum Gasteiger partial charge on any atom is 0.272 e. The third-order valence-electron chi connectivity index (χ3n) is 6.30. The first-order valence-electron chi connectivity index (χ1n) is 11.2. The first-order valence-corrected chi connectivity index (χ1v) is 11.2. The Morgan fingerprint density at radius 1 is 1.06 bits per heavy atom. The predicted octanol–water partition coefficient (Wildman–Crippen LogP) is 3.56. The molecule has 0 bridgehead atoms. The second-order valence-electron chi connectivity index (χ2n) is 8.43. The lowest BCUT2D eigenvalue weighted by Crippen LogP contribution is -2.38. The lowest BCUT2D eigenvalue weighted by Gasteiger charge is -2.24. The van der Waals surface area contributed by atoms with Crippen molar-refractivity contribution >= 4 is 11.8 Å². The van der Waals surface area contributed by atoms with Gasteiger partial charge in [0.25, 0.3) is 5.91 Å². The second-order valence-corrected chi connectivity index (χ2v) is 8.43. The van der Waals surface area contributed by atoms with Gasteiger partial charge < -0.3 is 9.80 Å². The molecular formula is C26H30N4O2. The molecule has 0 radical (unpaired) electrons. The van der Waals surface area contributed by atoms with Crippen LogP contribution < -0.4 is 0 Å². The summed E-state index contributed by atoms with van der Waals surface area (Å²) in [5, 5.41) is 4.13. The second kappa shape index (κ2) is 9.39. The van der Waals surface area contributed by atoms with E-state index in [0.717, 1.165) is 16.7 Å². The Balaban J connectivity index is 1.64. The number of aromatic nitrogens is 2. The van der Waals surface area contributed by atoms with Crippen molar-refractivity contribution in [3.63, 3.8) is 0 Å². The topological polar surface area (TPSA) is 58.4 Å². The van der Waals surface area contributed by atoms with Crippen molar-refractivity contribution in [3.05, 3.63) is 77.6 Å². The highest BCUT2D eigenvalue weighted by Gasteiger charge is 2.33. The minimum atomic E-state index is -0.291. The molecule has 0 unspecified atom stereocenters. The van der Waals surface area contributed by atoms with Crippen LogP contribution in [0.1, 0.15) is 28.5 Å². The molecule has 1 aromatic heterocycles. The molecule has 1 fully saturated rings. The zero-order valence-electron chi connectivity index (χ0n) is 19.0. The van der Waals surface area contributed by atoms with Gasteiger partial charge in [0, 0.05) is 39.4 Å². The third kappa shape index (κ3) is 4.44. The first kappa shape index (κ1) is 21.8. The minimum absolute atomic E-state index is 0.0763. The number of nitrogens with zero attached hydrogens (tertiary/aromatic N) is 4. The van der Waals surface area contributed by atoms with Crippen LogP contribution in [-0.4, -0.2) is 57.6 Å². The maximum absolute atomic E-state index is 13.4. The van der Waals surface area contributed by atoms with Crippen LogP contribution in [0, 0.1) is 12.8 Å². The average molecular weight is 431 g/mol. The van der Waals surface area contributed by atoms with Crippen molar-refractivity contribution in [2.45, 2.75) is 20.3 Å². The standard InChI is InChI=1S/C26H30N4O2/c1-4-29-15-16-30(26(32)24-13-14-27-28(24)3)18-22(25(29)31)17-21-7-5-6-8-23(21)20-11-9-19(2)10-12-20/h5-14,22H,4,15-18H2,1-3H3/t22-/m1/s1. The van der Waals surface area contributed by atoms with Crippen molar-refractivity contribution in [2.24, 2.45) is 13.0 Å². The predicted molar refractivity (Wildman–Crippen MR) is 125 cm³/mol. The van der Waals surface area contributed by atoms with Crippen molar-refractivity contribution in [3.8, 4) is 11.1 Å². The van der Waals surface area contributed by atoms with Crippen molar-refractivity contribution < 1.29 is 9.59 Å². The van der Waals surface area contributed by atoms with Crippen LogP contribution in [0.15, 0.2) is 60.8 Å². The molecule has 2 amide bonds. The summed E-state index contributed by atoms with van der Waals surface area (Å²) in [6.07, 6.45) is 2.22. The summed E-state index contributed by atoms with van der Waals surface area (Å²) in [5.74, 6) is -0.250. The smallest absolute Gasteiger partial charge is 0.272 e. The van der Waals surface area contributed by atoms with Gasteiger partial charge in [-0.2, -0.15) is 5.10 Å². The van der Waals surface area contributed by atoms with E-state index in [1.165, 1.54) is 5.56 Å². The zero-order valence-corrected chi connectivity index (χ0v) is 19.0. The molecule has 3 aromatic rings. The van der Waals surface area contributed by atoms with Gasteiger partial charge in [-0.15, -0.1) is 0 Å². The Kier molecular flexibility index (Phi) is 6.40. The first-order chi connectivity index (χ1) is 15.5. The minimum Gasteiger partial charge on any atom is -0.341 e. The van der Waals surface area contributed by atoms with E-state index >= 15 is 0 Å². The summed E-state index contributed by atoms with van der Waals surface area (Å²) in [6, 6.07) is 18.4. The molecule has 166 valence electrons. The molecule has 4 rings (SSSR count). The lowest BCUT2D eigenvalue weighted by molar-refractivity contribution is -0.134. The molecule has 1 aliphatic rings. The largest absolute Gasteiger partial charge is 0.341 e. The van der Waals surface area contributed by atoms with E-state index in [2.05, 4.69) is 48.4 Å². The Labute approximate surface area is 189 Å². The molecule has 0 saturated carbocycles. The molecule has 1 saturated heterocycles. The van der Waals surface area contributed by atoms with Crippen molar-refractivity contribution in [1.29, 1.82) is 0 Å². The molecule has 0 N–H and O–H groups in total. The molecule has 0 aliphatic carbocycles. The number of hydrogen-bond acceptors (Lipinski definition) is 3. The highest BCUT2D eigenvalue weighted by molar-refractivity contribution is 5.93. The molecule has 32 heavy (non-hydrogen) atoms. The number of rotatable bonds is 5. The van der Waals surface area contributed by atoms with Crippen molar-refractivity contribution in [1.82, 2.24) is 19.6 Å². The van der Waals surface area contributed by atoms with Crippen LogP contribution in [0.25, 0.3) is 11.1 Å². The van der Waals surface area contributed by atoms with Crippen LogP contribution in [0.4, 0.5) is 0 Å². The van der Waals surface area contributed by atoms with Crippen LogP contribution >= 0.6 is 0 Å². The summed E-state index contributed by atoms with van der Waals surface area (Å²) >= 11 is 0. The van der Waals surface area contributed by atoms with E-state index in [9.17, 15) is 9.59 Å². The number of hydrogen-bond donors (Lipinski definition) is 0. The highest BCUT2D eigenvalue weighted by atomic mass is 16.2. The Bertz CT molecular complexity index is 1100. The Hall–Kier alpha value is -3.41. The van der Waals surface area contributed by atoms with E-state index in [1.807, 2.05) is 28.9 Å². The van der Waals surface area contributed by atoms with Crippen LogP contribution in [0.2, 0.25) is 0 Å². The number of amides is 2. The van der Waals surface area contributed by atoms with Crippen LogP contribution in [0.3, 0.4) is 0 Å². The number of carbonyl (C=O) groups excluding carboxylic acids is 2. The van der Waals surface area contributed by atoms with E-state index in [0.29, 0.717) is 38.3 Å². The third-order valence-corrected chi connectivity index (χ3v) is 6.30. The molecule has 2 heterocycles. The SMILES string of the molecule is CCN1CCN(C(=O)c2ccnn2C)C[C@@H](Cc2ccccc2-c2ccc(C)cc2)C1=O. The van der Waals surface area contributed by atoms with E-state index in [4.69, 9.17) is 0 Å². The van der Waals surface area contributed by atoms with Gasteiger partial charge >= 0.3 is 0 Å². The fraction of sp³-hybridized carbons (Fsp3) is 0.346. The summed E-state index contributed by atoms with van der Waals surface area (Å²) in [6.45, 7) is 6.19. The van der Waals surface area contributed by atoms with Crippen molar-refractivity contribution in [2.75, 3.05) is 26.2 Å². The molecule has 1 atom stereocenters. The van der Waals surface area contributed by atoms with E-state index in [-0.39, 0.29) is 17.7 Å². The quantitative estimate of drug-likeness (QED) is 0.622. The molecular weight excluding hydrogens is 400 g/mol. The van der Waals surface area contributed by atoms with E-state index in [1.54, 1.807) is 24.0 Å². The fourth-order valence-electron chi connectivity index (χ4n) is 4.42. The highest BCUT2D eigenvalue weighted by Crippen LogP contribution is 2.28. The number of carbonyl (C=O) groups is 2. The van der Waals surface area contributed by atoms with Gasteiger partial charge in [-0.3, -0.25) is 14.3 Å². The van der Waals surface area contributed by atoms with Gasteiger partial charge in [0.1, 0.15) is 5.69 Å². The van der Waals surface area contributed by atoms with Gasteiger partial charge in [-0.1, -0.05) is 54.1 Å². The van der Waals surface area contributed by atoms with Gasteiger partial charge in [0.05, 0.1) is 5.92 Å². The van der Waals surface area contributed by atoms with Gasteiger partial charge in [-0.25, -0.2) is 0 Å². The fourth-order valence-corrected chi connectivity index (χ4v) is 4.42. The summed E-state index contributed by atoms with van der Waals surface area (Å²) in [5.41, 5.74) is 5.16. The maximum atomic E-state index is 13.4. The average Bonchev–Trinajstić information content (AvgIpc) is 3.17. The van der Waals surface area contributed by atoms with Crippen LogP contribution in [0.5, 0.6) is 0 Å². The Morgan fingerprint density at radius 2 is 1.81 bits per heavy atom. The Morgan fingerprint density at radius 3 is 2.50 bits per heavy atom. The van der Waals surface area contributed by atoms with Crippen LogP contribution in [-0.2, 0) is 18.3 Å². The lowest BCUT2D eigenvalue weighted by atomic mass is 9.91. The number of likely N-dealkylation sites (N-methyl/N-ethyl adjacent to an activating group) is 1. The monoisotopic (exact) mass is 430 g/mol. The molecule has 1 aliphatic heterocycles. The van der Waals surface area contributed by atoms with Gasteiger partial charge in [-0.05, 0) is 43.0 Å². The van der Waals surface area contributed by atoms with Gasteiger partial charge in [0.2, 0.25) is 5.91 Å². The molecule has 0 spiro atoms. The summed E-state index contributed by atoms with van der Waals surface area (Å²) in [4.78, 5) is 30.2. The normalized spacial score (nSPS) is 16.8. The van der Waals surface area contributed by atoms with Gasteiger partial charge in [0.15, 0.2) is 0 Å².